The molecule has 50 valence electrons. The molecule has 0 aromatic carbocycles. The summed E-state index contributed by atoms with van der Waals surface area (Å²) >= 11 is 0. The summed E-state index contributed by atoms with van der Waals surface area (Å²) in [4.78, 5) is 10.7. The van der Waals surface area contributed by atoms with Crippen LogP contribution >= 0.6 is 0 Å². The summed E-state index contributed by atoms with van der Waals surface area (Å²) in [6, 6.07) is 0. The number of nitrogens with one attached hydrogen (secondary N) is 1. The second-order valence-electron chi connectivity index (χ2n) is 1.65. The van der Waals surface area contributed by atoms with Gasteiger partial charge in [0.2, 0.25) is 5.91 Å². The fraction of sp³-hybridized carbons (Fsp3) is 0.286. The molecule has 0 aromatic rings. The smallest absolute Gasteiger partial charge is 0.250 e. The van der Waals surface area contributed by atoms with Gasteiger partial charge in [0, 0.05) is 5.57 Å². The molecule has 0 rings (SSSR count). The molecule has 0 atom stereocenters. The van der Waals surface area contributed by atoms with E-state index in [-0.39, 0.29) is 5.91 Å². The van der Waals surface area contributed by atoms with Crippen molar-refractivity contribution in [3.8, 4) is 0 Å². The van der Waals surface area contributed by atoms with Crippen LogP contribution in [0.2, 0.25) is 0 Å². The van der Waals surface area contributed by atoms with Crippen molar-refractivity contribution in [2.24, 2.45) is 0 Å². The molecule has 0 heterocycles. The third-order valence-corrected chi connectivity index (χ3v) is 1.02. The minimum Gasteiger partial charge on any atom is -0.329 e. The van der Waals surface area contributed by atoms with Crippen molar-refractivity contribution in [2.45, 2.75) is 13.8 Å². The van der Waals surface area contributed by atoms with Crippen LogP contribution in [0.25, 0.3) is 0 Å². The van der Waals surface area contributed by atoms with E-state index in [0.29, 0.717) is 5.57 Å². The molecule has 0 aliphatic heterocycles. The minimum atomic E-state index is -0.0903. The van der Waals surface area contributed by atoms with Gasteiger partial charge in [-0.05, 0) is 20.0 Å². The highest BCUT2D eigenvalue weighted by Crippen LogP contribution is 1.89. The molecule has 1 amide bonds. The van der Waals surface area contributed by atoms with Crippen molar-refractivity contribution in [2.75, 3.05) is 0 Å². The van der Waals surface area contributed by atoms with Crippen molar-refractivity contribution in [3.63, 3.8) is 0 Å². The number of carbonyl (C=O) groups excluding carboxylic acids is 1. The Morgan fingerprint density at radius 3 is 2.56 bits per heavy atom. The lowest BCUT2D eigenvalue weighted by Gasteiger charge is -1.95. The zero-order chi connectivity index (χ0) is 7.28. The van der Waals surface area contributed by atoms with E-state index in [0.717, 1.165) is 0 Å². The Kier molecular flexibility index (Phi) is 3.44. The van der Waals surface area contributed by atoms with Crippen LogP contribution in [-0.2, 0) is 4.79 Å². The Labute approximate surface area is 55.3 Å². The molecule has 2 heteroatoms. The van der Waals surface area contributed by atoms with Gasteiger partial charge in [0.05, 0.1) is 0 Å². The molecule has 1 N–H and O–H groups in total. The Morgan fingerprint density at radius 2 is 2.22 bits per heavy atom. The van der Waals surface area contributed by atoms with Crippen LogP contribution < -0.4 is 5.32 Å². The molecule has 0 unspecified atom stereocenters. The highest BCUT2D eigenvalue weighted by Gasteiger charge is 1.96. The number of allylic oxidation sites excluding steroid dienone is 1. The maximum Gasteiger partial charge on any atom is 0.250 e. The van der Waals surface area contributed by atoms with Gasteiger partial charge in [-0.2, -0.15) is 0 Å². The summed E-state index contributed by atoms with van der Waals surface area (Å²) in [6.07, 6.45) is 3.12. The molecule has 2 nitrogen and oxygen atoms in total. The quantitative estimate of drug-likeness (QED) is 0.552. The number of amides is 1. The number of hydrogen-bond acceptors (Lipinski definition) is 1. The zero-order valence-corrected chi connectivity index (χ0v) is 5.77. The van der Waals surface area contributed by atoms with Gasteiger partial charge >= 0.3 is 0 Å². The van der Waals surface area contributed by atoms with E-state index >= 15 is 0 Å². The van der Waals surface area contributed by atoms with E-state index in [1.54, 1.807) is 13.0 Å². The summed E-state index contributed by atoms with van der Waals surface area (Å²) in [5.74, 6) is -0.0903. The molecular formula is C7H11NO. The molecule has 0 saturated carbocycles. The van der Waals surface area contributed by atoms with Crippen LogP contribution in [-0.4, -0.2) is 5.91 Å². The van der Waals surface area contributed by atoms with Gasteiger partial charge in [-0.15, -0.1) is 0 Å². The molecule has 0 aliphatic rings. The predicted molar refractivity (Wildman–Crippen MR) is 37.8 cm³/mol. The van der Waals surface area contributed by atoms with Crippen molar-refractivity contribution >= 4 is 5.91 Å². The summed E-state index contributed by atoms with van der Waals surface area (Å²) in [6.45, 7) is 6.92. The van der Waals surface area contributed by atoms with Crippen LogP contribution in [0.1, 0.15) is 13.8 Å². The monoisotopic (exact) mass is 125 g/mol. The first-order valence-corrected chi connectivity index (χ1v) is 2.77. The Morgan fingerprint density at radius 1 is 1.67 bits per heavy atom. The number of rotatable bonds is 2. The SMILES string of the molecule is C=CNC(=O)/C(C)=C/C. The average molecular weight is 125 g/mol. The summed E-state index contributed by atoms with van der Waals surface area (Å²) in [7, 11) is 0. The molecule has 9 heavy (non-hydrogen) atoms. The second-order valence-corrected chi connectivity index (χ2v) is 1.65. The van der Waals surface area contributed by atoms with Crippen LogP contribution in [0.15, 0.2) is 24.4 Å². The topological polar surface area (TPSA) is 29.1 Å². The number of hydrogen-bond donors (Lipinski definition) is 1. The third kappa shape index (κ3) is 2.69. The van der Waals surface area contributed by atoms with E-state index in [4.69, 9.17) is 0 Å². The Hall–Kier alpha value is -1.05. The van der Waals surface area contributed by atoms with Gasteiger partial charge in [-0.3, -0.25) is 4.79 Å². The maximum atomic E-state index is 10.7. The van der Waals surface area contributed by atoms with Crippen LogP contribution in [0, 0.1) is 0 Å². The molecule has 0 aliphatic carbocycles. The summed E-state index contributed by atoms with van der Waals surface area (Å²) < 4.78 is 0. The lowest BCUT2D eigenvalue weighted by atomic mass is 10.3. The molecule has 0 bridgehead atoms. The first-order valence-electron chi connectivity index (χ1n) is 2.77. The van der Waals surface area contributed by atoms with Crippen molar-refractivity contribution in [1.29, 1.82) is 0 Å². The summed E-state index contributed by atoms with van der Waals surface area (Å²) in [5, 5.41) is 2.45. The molecule has 0 fully saturated rings. The second kappa shape index (κ2) is 3.89. The summed E-state index contributed by atoms with van der Waals surface area (Å²) in [5.41, 5.74) is 0.704. The number of carbonyl (C=O) groups is 1. The van der Waals surface area contributed by atoms with Gasteiger partial charge in [0.1, 0.15) is 0 Å². The lowest BCUT2D eigenvalue weighted by molar-refractivity contribution is -0.116. The first-order chi connectivity index (χ1) is 4.22. The third-order valence-electron chi connectivity index (χ3n) is 1.02. The minimum absolute atomic E-state index is 0.0903. The van der Waals surface area contributed by atoms with Crippen LogP contribution in [0.5, 0.6) is 0 Å². The lowest BCUT2D eigenvalue weighted by Crippen LogP contribution is -2.16. The van der Waals surface area contributed by atoms with E-state index < -0.39 is 0 Å². The van der Waals surface area contributed by atoms with Crippen molar-refractivity contribution in [1.82, 2.24) is 5.32 Å². The van der Waals surface area contributed by atoms with E-state index in [2.05, 4.69) is 11.9 Å². The highest BCUT2D eigenvalue weighted by atomic mass is 16.1. The van der Waals surface area contributed by atoms with Gasteiger partial charge in [0.25, 0.3) is 0 Å². The van der Waals surface area contributed by atoms with Crippen molar-refractivity contribution in [3.05, 3.63) is 24.4 Å². The maximum absolute atomic E-state index is 10.7. The Balaban J connectivity index is 3.88. The first kappa shape index (κ1) is 7.95. The van der Waals surface area contributed by atoms with Gasteiger partial charge in [-0.1, -0.05) is 12.7 Å². The molecule has 0 radical (unpaired) electrons. The highest BCUT2D eigenvalue weighted by molar-refractivity contribution is 5.93. The molecule has 0 spiro atoms. The van der Waals surface area contributed by atoms with Crippen LogP contribution in [0.4, 0.5) is 0 Å². The van der Waals surface area contributed by atoms with Gasteiger partial charge in [-0.25, -0.2) is 0 Å². The van der Waals surface area contributed by atoms with Gasteiger partial charge < -0.3 is 5.32 Å². The fourth-order valence-electron chi connectivity index (χ4n) is 0.338. The van der Waals surface area contributed by atoms with E-state index in [1.807, 2.05) is 6.92 Å². The molecule has 0 saturated heterocycles. The molecule has 0 aromatic heterocycles. The normalized spacial score (nSPS) is 10.7. The van der Waals surface area contributed by atoms with E-state index in [9.17, 15) is 4.79 Å². The average Bonchev–Trinajstić information content (AvgIpc) is 1.87. The van der Waals surface area contributed by atoms with Crippen LogP contribution in [0.3, 0.4) is 0 Å². The fourth-order valence-corrected chi connectivity index (χ4v) is 0.338. The van der Waals surface area contributed by atoms with Crippen molar-refractivity contribution < 1.29 is 4.79 Å². The largest absolute Gasteiger partial charge is 0.329 e. The van der Waals surface area contributed by atoms with E-state index in [1.165, 1.54) is 6.20 Å². The van der Waals surface area contributed by atoms with Gasteiger partial charge in [0.15, 0.2) is 0 Å². The Bertz CT molecular complexity index is 147. The standard InChI is InChI=1S/C7H11NO/c1-4-6(3)7(9)8-5-2/h4-5H,2H2,1,3H3,(H,8,9)/b6-4+. The molecular weight excluding hydrogens is 114 g/mol. The predicted octanol–water partition coefficient (Wildman–Crippen LogP) is 1.21. The zero-order valence-electron chi connectivity index (χ0n) is 5.77.